The van der Waals surface area contributed by atoms with Gasteiger partial charge in [-0.15, -0.1) is 0 Å². The molecule has 0 fully saturated rings. The highest BCUT2D eigenvalue weighted by Crippen LogP contribution is 2.18. The summed E-state index contributed by atoms with van der Waals surface area (Å²) < 4.78 is 5.10. The van der Waals surface area contributed by atoms with Crippen molar-refractivity contribution >= 4 is 11.7 Å². The van der Waals surface area contributed by atoms with E-state index in [2.05, 4.69) is 4.85 Å². The van der Waals surface area contributed by atoms with Crippen molar-refractivity contribution in [1.82, 2.24) is 0 Å². The van der Waals surface area contributed by atoms with Crippen molar-refractivity contribution in [2.75, 3.05) is 0 Å². The first kappa shape index (κ1) is 11.7. The maximum Gasteiger partial charge on any atom is 0.343 e. The fourth-order valence-corrected chi connectivity index (χ4v) is 1.35. The lowest BCUT2D eigenvalue weighted by molar-refractivity contribution is 0.0734. The number of carbonyl (C=O) groups is 1. The summed E-state index contributed by atoms with van der Waals surface area (Å²) in [5, 5.41) is 9.10. The van der Waals surface area contributed by atoms with E-state index in [0.29, 0.717) is 17.0 Å². The summed E-state index contributed by atoms with van der Waals surface area (Å²) >= 11 is 0. The van der Waals surface area contributed by atoms with E-state index < -0.39 is 5.97 Å². The molecule has 4 nitrogen and oxygen atoms in total. The van der Waals surface area contributed by atoms with Gasteiger partial charge in [0.05, 0.1) is 12.1 Å². The summed E-state index contributed by atoms with van der Waals surface area (Å²) in [5.41, 5.74) is 0.839. The monoisotopic (exact) mass is 239 g/mol. The van der Waals surface area contributed by atoms with Crippen LogP contribution in [-0.4, -0.2) is 11.1 Å². The van der Waals surface area contributed by atoms with Crippen LogP contribution >= 0.6 is 0 Å². The third-order valence-corrected chi connectivity index (χ3v) is 2.28. The van der Waals surface area contributed by atoms with Gasteiger partial charge in [-0.05, 0) is 24.3 Å². The largest absolute Gasteiger partial charge is 0.508 e. The molecule has 0 aliphatic rings. The SMILES string of the molecule is [C-]#[N+]c1ccc(C(=O)Oc2ccc(O)cc2)cc1. The van der Waals surface area contributed by atoms with E-state index in [1.807, 2.05) is 0 Å². The molecule has 2 aromatic rings. The molecule has 0 bridgehead atoms. The van der Waals surface area contributed by atoms with Crippen molar-refractivity contribution in [3.8, 4) is 11.5 Å². The van der Waals surface area contributed by atoms with Crippen LogP contribution in [0.4, 0.5) is 5.69 Å². The smallest absolute Gasteiger partial charge is 0.343 e. The maximum absolute atomic E-state index is 11.7. The van der Waals surface area contributed by atoms with Crippen LogP contribution in [0.2, 0.25) is 0 Å². The van der Waals surface area contributed by atoms with Crippen LogP contribution in [0.5, 0.6) is 11.5 Å². The van der Waals surface area contributed by atoms with E-state index in [1.165, 1.54) is 36.4 Å². The predicted molar refractivity (Wildman–Crippen MR) is 65.8 cm³/mol. The Hall–Kier alpha value is -2.80. The number of hydrogen-bond acceptors (Lipinski definition) is 3. The fourth-order valence-electron chi connectivity index (χ4n) is 1.35. The standard InChI is InChI=1S/C14H9NO3/c1-15-11-4-2-10(3-5-11)14(17)18-13-8-6-12(16)7-9-13/h2-9,16H. The highest BCUT2D eigenvalue weighted by molar-refractivity contribution is 5.91. The molecule has 0 unspecified atom stereocenters. The molecule has 0 saturated carbocycles. The van der Waals surface area contributed by atoms with E-state index in [-0.39, 0.29) is 5.75 Å². The minimum absolute atomic E-state index is 0.108. The number of esters is 1. The Labute approximate surface area is 104 Å². The highest BCUT2D eigenvalue weighted by Gasteiger charge is 2.08. The van der Waals surface area contributed by atoms with E-state index in [4.69, 9.17) is 16.4 Å². The zero-order valence-electron chi connectivity index (χ0n) is 9.33. The van der Waals surface area contributed by atoms with Crippen LogP contribution in [0.3, 0.4) is 0 Å². The van der Waals surface area contributed by atoms with Crippen LogP contribution in [-0.2, 0) is 0 Å². The second-order valence-electron chi connectivity index (χ2n) is 3.54. The number of hydrogen-bond donors (Lipinski definition) is 1. The third kappa shape index (κ3) is 2.66. The van der Waals surface area contributed by atoms with Crippen molar-refractivity contribution in [2.45, 2.75) is 0 Å². The van der Waals surface area contributed by atoms with Crippen molar-refractivity contribution in [2.24, 2.45) is 0 Å². The zero-order chi connectivity index (χ0) is 13.0. The summed E-state index contributed by atoms with van der Waals surface area (Å²) in [7, 11) is 0. The van der Waals surface area contributed by atoms with Gasteiger partial charge in [-0.2, -0.15) is 0 Å². The molecular weight excluding hydrogens is 230 g/mol. The molecule has 0 heterocycles. The zero-order valence-corrected chi connectivity index (χ0v) is 9.33. The number of phenolic OH excluding ortho intramolecular Hbond substituents is 1. The molecular formula is C14H9NO3. The topological polar surface area (TPSA) is 50.9 Å². The van der Waals surface area contributed by atoms with Gasteiger partial charge in [-0.25, -0.2) is 9.64 Å². The molecule has 0 aliphatic heterocycles. The molecule has 0 saturated heterocycles. The normalized spacial score (nSPS) is 9.50. The average molecular weight is 239 g/mol. The molecule has 4 heteroatoms. The molecule has 0 aliphatic carbocycles. The third-order valence-electron chi connectivity index (χ3n) is 2.28. The summed E-state index contributed by atoms with van der Waals surface area (Å²) in [6.45, 7) is 6.81. The van der Waals surface area contributed by atoms with Crippen LogP contribution in [0.1, 0.15) is 10.4 Å². The molecule has 0 atom stereocenters. The summed E-state index contributed by atoms with van der Waals surface area (Å²) in [4.78, 5) is 15.0. The van der Waals surface area contributed by atoms with E-state index in [1.54, 1.807) is 12.1 Å². The predicted octanol–water partition coefficient (Wildman–Crippen LogP) is 3.16. The lowest BCUT2D eigenvalue weighted by atomic mass is 10.2. The molecule has 0 amide bonds. The number of nitrogens with zero attached hydrogens (tertiary/aromatic N) is 1. The second kappa shape index (κ2) is 5.02. The number of phenols is 1. The number of ether oxygens (including phenoxy) is 1. The van der Waals surface area contributed by atoms with Gasteiger partial charge in [-0.1, -0.05) is 24.3 Å². The van der Waals surface area contributed by atoms with Crippen molar-refractivity contribution < 1.29 is 14.6 Å². The fraction of sp³-hybridized carbons (Fsp3) is 0. The van der Waals surface area contributed by atoms with E-state index in [9.17, 15) is 4.79 Å². The van der Waals surface area contributed by atoms with Crippen LogP contribution < -0.4 is 4.74 Å². The Morgan fingerprint density at radius 1 is 1.06 bits per heavy atom. The van der Waals surface area contributed by atoms with Gasteiger partial charge in [0.15, 0.2) is 5.69 Å². The lowest BCUT2D eigenvalue weighted by Gasteiger charge is -2.04. The first-order chi connectivity index (χ1) is 8.69. The Balaban J connectivity index is 2.12. The van der Waals surface area contributed by atoms with Gasteiger partial charge in [0, 0.05) is 0 Å². The molecule has 1 N–H and O–H groups in total. The minimum atomic E-state index is -0.503. The minimum Gasteiger partial charge on any atom is -0.508 e. The molecule has 2 aromatic carbocycles. The van der Waals surface area contributed by atoms with Crippen LogP contribution in [0.25, 0.3) is 4.85 Å². The Kier molecular flexibility index (Phi) is 3.26. The van der Waals surface area contributed by atoms with Gasteiger partial charge in [0.2, 0.25) is 0 Å². The quantitative estimate of drug-likeness (QED) is 0.497. The highest BCUT2D eigenvalue weighted by atomic mass is 16.5. The molecule has 0 radical (unpaired) electrons. The Morgan fingerprint density at radius 3 is 2.22 bits per heavy atom. The maximum atomic E-state index is 11.7. The van der Waals surface area contributed by atoms with E-state index >= 15 is 0 Å². The molecule has 88 valence electrons. The Morgan fingerprint density at radius 2 is 1.67 bits per heavy atom. The first-order valence-corrected chi connectivity index (χ1v) is 5.18. The van der Waals surface area contributed by atoms with Crippen LogP contribution in [0, 0.1) is 6.57 Å². The molecule has 0 aromatic heterocycles. The molecule has 0 spiro atoms. The molecule has 2 rings (SSSR count). The lowest BCUT2D eigenvalue weighted by Crippen LogP contribution is -2.07. The number of rotatable bonds is 2. The van der Waals surface area contributed by atoms with Gasteiger partial charge in [0.1, 0.15) is 11.5 Å². The average Bonchev–Trinajstić information content (AvgIpc) is 2.41. The first-order valence-electron chi connectivity index (χ1n) is 5.18. The van der Waals surface area contributed by atoms with Gasteiger partial charge < -0.3 is 9.84 Å². The summed E-state index contributed by atoms with van der Waals surface area (Å²) in [6, 6.07) is 12.1. The van der Waals surface area contributed by atoms with Gasteiger partial charge >= 0.3 is 5.97 Å². The summed E-state index contributed by atoms with van der Waals surface area (Å²) in [6.07, 6.45) is 0. The second-order valence-corrected chi connectivity index (χ2v) is 3.54. The number of aromatic hydroxyl groups is 1. The number of carbonyl (C=O) groups excluding carboxylic acids is 1. The number of benzene rings is 2. The summed E-state index contributed by atoms with van der Waals surface area (Å²) in [5.74, 6) is -0.0412. The van der Waals surface area contributed by atoms with E-state index in [0.717, 1.165) is 0 Å². The Bertz CT molecular complexity index is 594. The van der Waals surface area contributed by atoms with Gasteiger partial charge in [-0.3, -0.25) is 0 Å². The molecule has 18 heavy (non-hydrogen) atoms. The van der Waals surface area contributed by atoms with Crippen LogP contribution in [0.15, 0.2) is 48.5 Å². The van der Waals surface area contributed by atoms with Gasteiger partial charge in [0.25, 0.3) is 0 Å². The van der Waals surface area contributed by atoms with Crippen molar-refractivity contribution in [1.29, 1.82) is 0 Å². The van der Waals surface area contributed by atoms with Crippen molar-refractivity contribution in [3.63, 3.8) is 0 Å². The van der Waals surface area contributed by atoms with Crippen molar-refractivity contribution in [3.05, 3.63) is 65.5 Å².